The van der Waals surface area contributed by atoms with Gasteiger partial charge in [0.05, 0.1) is 0 Å². The summed E-state index contributed by atoms with van der Waals surface area (Å²) in [5, 5.41) is 3.10. The Bertz CT molecular complexity index is 732. The number of Topliss-reactive ketones (excluding diaryl/α,β-unsaturated/α-hetero) is 1. The van der Waals surface area contributed by atoms with E-state index in [9.17, 15) is 9.59 Å². The second-order valence-corrected chi connectivity index (χ2v) is 9.48. The summed E-state index contributed by atoms with van der Waals surface area (Å²) in [7, 11) is 0. The van der Waals surface area contributed by atoms with Crippen molar-refractivity contribution in [1.82, 2.24) is 5.32 Å². The number of benzene rings is 1. The molecular formula is C23H31NO2. The average molecular weight is 354 g/mol. The van der Waals surface area contributed by atoms with Gasteiger partial charge in [0.15, 0.2) is 0 Å². The molecule has 3 aliphatic rings. The molecule has 1 N–H and O–H groups in total. The molecule has 4 rings (SSSR count). The Kier molecular flexibility index (Phi) is 4.45. The van der Waals surface area contributed by atoms with Crippen LogP contribution in [-0.4, -0.2) is 17.7 Å². The maximum absolute atomic E-state index is 12.8. The van der Waals surface area contributed by atoms with Gasteiger partial charge >= 0.3 is 0 Å². The standard InChI is InChI=1S/C23H31NO2/c1-14-4-5-17(22(26)24-18-7-8-18)13-20(14)15-6-9-19-16(12-15)10-11-23(2,3)21(19)25/h4-5,13,15-16,18-19H,6-12H2,1-3H3,(H,24,26). The number of fused-ring (bicyclic) bond motifs is 1. The van der Waals surface area contributed by atoms with E-state index >= 15 is 0 Å². The Morgan fingerprint density at radius 3 is 2.62 bits per heavy atom. The first kappa shape index (κ1) is 17.8. The zero-order valence-electron chi connectivity index (χ0n) is 16.3. The highest BCUT2D eigenvalue weighted by Crippen LogP contribution is 2.49. The summed E-state index contributed by atoms with van der Waals surface area (Å²) in [6.45, 7) is 6.38. The van der Waals surface area contributed by atoms with Crippen molar-refractivity contribution in [1.29, 1.82) is 0 Å². The lowest BCUT2D eigenvalue weighted by molar-refractivity contribution is -0.138. The molecule has 1 aromatic rings. The molecule has 3 atom stereocenters. The summed E-state index contributed by atoms with van der Waals surface area (Å²) in [5.41, 5.74) is 3.26. The van der Waals surface area contributed by atoms with E-state index in [0.29, 0.717) is 23.7 Å². The van der Waals surface area contributed by atoms with Crippen molar-refractivity contribution in [2.45, 2.75) is 77.7 Å². The number of hydrogen-bond donors (Lipinski definition) is 1. The molecule has 1 aromatic carbocycles. The summed E-state index contributed by atoms with van der Waals surface area (Å²) in [6.07, 6.45) is 7.58. The van der Waals surface area contributed by atoms with Gasteiger partial charge in [-0.15, -0.1) is 0 Å². The van der Waals surface area contributed by atoms with Gasteiger partial charge in [-0.2, -0.15) is 0 Å². The number of rotatable bonds is 3. The van der Waals surface area contributed by atoms with Crippen molar-refractivity contribution in [3.8, 4) is 0 Å². The molecule has 3 unspecified atom stereocenters. The average Bonchev–Trinajstić information content (AvgIpc) is 3.42. The number of aryl methyl sites for hydroxylation is 1. The Morgan fingerprint density at radius 1 is 1.12 bits per heavy atom. The van der Waals surface area contributed by atoms with Crippen LogP contribution in [0.5, 0.6) is 0 Å². The van der Waals surface area contributed by atoms with Crippen molar-refractivity contribution in [2.75, 3.05) is 0 Å². The van der Waals surface area contributed by atoms with Crippen LogP contribution in [0.3, 0.4) is 0 Å². The Balaban J connectivity index is 1.51. The van der Waals surface area contributed by atoms with Crippen LogP contribution < -0.4 is 5.32 Å². The molecular weight excluding hydrogens is 322 g/mol. The lowest BCUT2D eigenvalue weighted by atomic mass is 9.59. The van der Waals surface area contributed by atoms with Crippen LogP contribution >= 0.6 is 0 Å². The van der Waals surface area contributed by atoms with Gasteiger partial charge in [0.1, 0.15) is 5.78 Å². The second kappa shape index (κ2) is 6.51. The first-order chi connectivity index (χ1) is 12.3. The maximum atomic E-state index is 12.8. The van der Waals surface area contributed by atoms with Crippen molar-refractivity contribution in [3.05, 3.63) is 34.9 Å². The van der Waals surface area contributed by atoms with E-state index in [1.165, 1.54) is 17.5 Å². The summed E-state index contributed by atoms with van der Waals surface area (Å²) in [4.78, 5) is 25.2. The minimum absolute atomic E-state index is 0.0667. The molecule has 3 nitrogen and oxygen atoms in total. The highest BCUT2D eigenvalue weighted by Gasteiger charge is 2.45. The minimum Gasteiger partial charge on any atom is -0.349 e. The monoisotopic (exact) mass is 353 g/mol. The second-order valence-electron chi connectivity index (χ2n) is 9.48. The van der Waals surface area contributed by atoms with Crippen molar-refractivity contribution in [3.63, 3.8) is 0 Å². The van der Waals surface area contributed by atoms with E-state index in [1.54, 1.807) is 0 Å². The predicted molar refractivity (Wildman–Crippen MR) is 103 cm³/mol. The van der Waals surface area contributed by atoms with Gasteiger partial charge in [-0.1, -0.05) is 19.9 Å². The number of amides is 1. The lowest BCUT2D eigenvalue weighted by Crippen LogP contribution is -2.43. The molecule has 0 bridgehead atoms. The van der Waals surface area contributed by atoms with Gasteiger partial charge in [0.2, 0.25) is 0 Å². The fourth-order valence-corrected chi connectivity index (χ4v) is 5.10. The van der Waals surface area contributed by atoms with Gasteiger partial charge in [-0.05, 0) is 87.0 Å². The molecule has 3 heteroatoms. The van der Waals surface area contributed by atoms with Gasteiger partial charge in [0, 0.05) is 22.9 Å². The largest absolute Gasteiger partial charge is 0.349 e. The number of carbonyl (C=O) groups is 2. The van der Waals surface area contributed by atoms with Crippen molar-refractivity contribution in [2.24, 2.45) is 17.3 Å². The minimum atomic E-state index is -0.134. The summed E-state index contributed by atoms with van der Waals surface area (Å²) < 4.78 is 0. The molecule has 3 saturated carbocycles. The van der Waals surface area contributed by atoms with Crippen molar-refractivity contribution >= 4 is 11.7 Å². The molecule has 0 spiro atoms. The first-order valence-electron chi connectivity index (χ1n) is 10.3. The normalized spacial score (nSPS) is 30.6. The highest BCUT2D eigenvalue weighted by molar-refractivity contribution is 5.95. The molecule has 0 aliphatic heterocycles. The third-order valence-electron chi connectivity index (χ3n) is 7.02. The number of hydrogen-bond acceptors (Lipinski definition) is 2. The molecule has 0 radical (unpaired) electrons. The van der Waals surface area contributed by atoms with Crippen LogP contribution in [0.15, 0.2) is 18.2 Å². The third-order valence-corrected chi connectivity index (χ3v) is 7.02. The number of ketones is 1. The molecule has 0 aromatic heterocycles. The fourth-order valence-electron chi connectivity index (χ4n) is 5.10. The maximum Gasteiger partial charge on any atom is 0.251 e. The van der Waals surface area contributed by atoms with Crippen LogP contribution in [-0.2, 0) is 4.79 Å². The van der Waals surface area contributed by atoms with E-state index in [2.05, 4.69) is 38.2 Å². The Morgan fingerprint density at radius 2 is 1.88 bits per heavy atom. The van der Waals surface area contributed by atoms with Crippen LogP contribution in [0.2, 0.25) is 0 Å². The van der Waals surface area contributed by atoms with Crippen LogP contribution in [0.1, 0.15) is 86.2 Å². The summed E-state index contributed by atoms with van der Waals surface area (Å²) in [6, 6.07) is 6.55. The van der Waals surface area contributed by atoms with E-state index < -0.39 is 0 Å². The Labute approximate surface area is 156 Å². The van der Waals surface area contributed by atoms with Gasteiger partial charge in [0.25, 0.3) is 5.91 Å². The molecule has 1 amide bonds. The third kappa shape index (κ3) is 3.33. The smallest absolute Gasteiger partial charge is 0.251 e. The molecule has 140 valence electrons. The molecule has 3 fully saturated rings. The van der Waals surface area contributed by atoms with Crippen molar-refractivity contribution < 1.29 is 9.59 Å². The predicted octanol–water partition coefficient (Wildman–Crippen LogP) is 4.78. The zero-order chi connectivity index (χ0) is 18.5. The molecule has 0 heterocycles. The summed E-state index contributed by atoms with van der Waals surface area (Å²) >= 11 is 0. The van der Waals surface area contributed by atoms with Gasteiger partial charge in [-0.25, -0.2) is 0 Å². The topological polar surface area (TPSA) is 46.2 Å². The zero-order valence-corrected chi connectivity index (χ0v) is 16.3. The first-order valence-corrected chi connectivity index (χ1v) is 10.3. The quantitative estimate of drug-likeness (QED) is 0.850. The highest BCUT2D eigenvalue weighted by atomic mass is 16.1. The SMILES string of the molecule is Cc1ccc(C(=O)NC2CC2)cc1C1CCC2C(=O)C(C)(C)CCC2C1. The number of nitrogens with one attached hydrogen (secondary N) is 1. The van der Waals surface area contributed by atoms with E-state index in [-0.39, 0.29) is 17.2 Å². The van der Waals surface area contributed by atoms with E-state index in [4.69, 9.17) is 0 Å². The van der Waals surface area contributed by atoms with E-state index in [0.717, 1.165) is 44.1 Å². The molecule has 0 saturated heterocycles. The lowest BCUT2D eigenvalue weighted by Gasteiger charge is -2.44. The van der Waals surface area contributed by atoms with Crippen LogP contribution in [0.25, 0.3) is 0 Å². The van der Waals surface area contributed by atoms with Crippen LogP contribution in [0.4, 0.5) is 0 Å². The fraction of sp³-hybridized carbons (Fsp3) is 0.652. The molecule has 26 heavy (non-hydrogen) atoms. The Hall–Kier alpha value is -1.64. The van der Waals surface area contributed by atoms with Crippen LogP contribution in [0, 0.1) is 24.2 Å². The number of carbonyl (C=O) groups excluding carboxylic acids is 2. The van der Waals surface area contributed by atoms with Gasteiger partial charge in [-0.3, -0.25) is 9.59 Å². The van der Waals surface area contributed by atoms with E-state index in [1.807, 2.05) is 6.07 Å². The summed E-state index contributed by atoms with van der Waals surface area (Å²) in [5.74, 6) is 1.83. The molecule has 3 aliphatic carbocycles. The van der Waals surface area contributed by atoms with Gasteiger partial charge < -0.3 is 5.32 Å².